The van der Waals surface area contributed by atoms with Gasteiger partial charge in [0.2, 0.25) is 0 Å². The van der Waals surface area contributed by atoms with Crippen molar-refractivity contribution in [2.75, 3.05) is 25.1 Å². The van der Waals surface area contributed by atoms with Crippen molar-refractivity contribution in [3.8, 4) is 0 Å². The summed E-state index contributed by atoms with van der Waals surface area (Å²) in [6.45, 7) is -1.83. The molecular weight excluding hydrogens is 290 g/mol. The van der Waals surface area contributed by atoms with Crippen molar-refractivity contribution in [2.45, 2.75) is 6.43 Å². The van der Waals surface area contributed by atoms with Crippen LogP contribution in [0.1, 0.15) is 10.4 Å². The van der Waals surface area contributed by atoms with Crippen LogP contribution >= 0.6 is 0 Å². The highest BCUT2D eigenvalue weighted by Gasteiger charge is 2.26. The van der Waals surface area contributed by atoms with Crippen molar-refractivity contribution in [3.05, 3.63) is 33.9 Å². The van der Waals surface area contributed by atoms with Crippen LogP contribution < -0.4 is 11.3 Å². The number of rotatable bonds is 7. The SMILES string of the molecule is NNc1ccc([N+](=O)[O-])c(C(=O)N(CCO)CC(F)F)c1. The third-order valence-electron chi connectivity index (χ3n) is 2.61. The Morgan fingerprint density at radius 2 is 2.19 bits per heavy atom. The summed E-state index contributed by atoms with van der Waals surface area (Å²) in [5, 5.41) is 19.7. The lowest BCUT2D eigenvalue weighted by molar-refractivity contribution is -0.385. The number of nitro benzene ring substituents is 1. The molecule has 1 amide bonds. The number of anilines is 1. The average molecular weight is 304 g/mol. The third-order valence-corrected chi connectivity index (χ3v) is 2.61. The van der Waals surface area contributed by atoms with Crippen LogP contribution in [-0.2, 0) is 0 Å². The van der Waals surface area contributed by atoms with Gasteiger partial charge in [0.25, 0.3) is 18.0 Å². The Kier molecular flexibility index (Phi) is 5.93. The number of nitrogens with two attached hydrogens (primary N) is 1. The number of nitrogen functional groups attached to an aromatic ring is 1. The number of amides is 1. The van der Waals surface area contributed by atoms with E-state index < -0.39 is 36.1 Å². The first-order valence-corrected chi connectivity index (χ1v) is 5.84. The Hall–Kier alpha value is -2.33. The van der Waals surface area contributed by atoms with Crippen LogP contribution in [0.5, 0.6) is 0 Å². The van der Waals surface area contributed by atoms with Gasteiger partial charge >= 0.3 is 0 Å². The summed E-state index contributed by atoms with van der Waals surface area (Å²) in [7, 11) is 0. The molecule has 0 aromatic heterocycles. The van der Waals surface area contributed by atoms with Crippen LogP contribution in [0.4, 0.5) is 20.2 Å². The molecule has 0 saturated heterocycles. The molecule has 10 heteroatoms. The van der Waals surface area contributed by atoms with Gasteiger partial charge in [-0.25, -0.2) is 8.78 Å². The molecule has 4 N–H and O–H groups in total. The van der Waals surface area contributed by atoms with E-state index in [-0.39, 0.29) is 17.8 Å². The van der Waals surface area contributed by atoms with Gasteiger partial charge in [0.15, 0.2) is 0 Å². The molecule has 0 fully saturated rings. The summed E-state index contributed by atoms with van der Waals surface area (Å²) in [5.74, 6) is 4.18. The Balaban J connectivity index is 3.20. The van der Waals surface area contributed by atoms with Crippen molar-refractivity contribution in [2.24, 2.45) is 5.84 Å². The standard InChI is InChI=1S/C11H14F2N4O4/c12-10(13)6-16(3-4-18)11(19)8-5-7(15-14)1-2-9(8)17(20)21/h1-2,5,10,15,18H,3-4,6,14H2. The number of halogens is 2. The second-order valence-electron chi connectivity index (χ2n) is 4.00. The molecule has 0 aliphatic heterocycles. The van der Waals surface area contributed by atoms with Crippen molar-refractivity contribution in [1.82, 2.24) is 4.90 Å². The van der Waals surface area contributed by atoms with Crippen LogP contribution in [0.3, 0.4) is 0 Å². The molecule has 8 nitrogen and oxygen atoms in total. The first-order chi connectivity index (χ1) is 9.90. The molecule has 0 atom stereocenters. The molecule has 0 aliphatic rings. The number of nitrogens with one attached hydrogen (secondary N) is 1. The van der Waals surface area contributed by atoms with Crippen LogP contribution in [0.25, 0.3) is 0 Å². The minimum absolute atomic E-state index is 0.213. The largest absolute Gasteiger partial charge is 0.395 e. The van der Waals surface area contributed by atoms with E-state index in [0.717, 1.165) is 12.1 Å². The molecule has 0 bridgehead atoms. The van der Waals surface area contributed by atoms with Gasteiger partial charge in [-0.2, -0.15) is 0 Å². The molecule has 0 radical (unpaired) electrons. The minimum atomic E-state index is -2.82. The summed E-state index contributed by atoms with van der Waals surface area (Å²) >= 11 is 0. The first-order valence-electron chi connectivity index (χ1n) is 5.84. The predicted molar refractivity (Wildman–Crippen MR) is 69.9 cm³/mol. The normalized spacial score (nSPS) is 10.5. The fourth-order valence-corrected chi connectivity index (χ4v) is 1.69. The number of benzene rings is 1. The fraction of sp³-hybridized carbons (Fsp3) is 0.364. The Labute approximate surface area is 118 Å². The topological polar surface area (TPSA) is 122 Å². The number of aliphatic hydroxyl groups excluding tert-OH is 1. The fourth-order valence-electron chi connectivity index (χ4n) is 1.69. The molecule has 0 unspecified atom stereocenters. The Morgan fingerprint density at radius 1 is 1.52 bits per heavy atom. The molecule has 1 aromatic carbocycles. The summed E-state index contributed by atoms with van der Waals surface area (Å²) in [5.41, 5.74) is 1.51. The maximum absolute atomic E-state index is 12.4. The van der Waals surface area contributed by atoms with Crippen LogP contribution in [0.2, 0.25) is 0 Å². The number of carbonyl (C=O) groups is 1. The number of nitrogens with zero attached hydrogens (tertiary/aromatic N) is 2. The maximum atomic E-state index is 12.4. The highest BCUT2D eigenvalue weighted by molar-refractivity contribution is 5.99. The van der Waals surface area contributed by atoms with Crippen molar-refractivity contribution in [1.29, 1.82) is 0 Å². The Morgan fingerprint density at radius 3 is 2.67 bits per heavy atom. The van der Waals surface area contributed by atoms with Crippen molar-refractivity contribution in [3.63, 3.8) is 0 Å². The summed E-state index contributed by atoms with van der Waals surface area (Å²) in [6.07, 6.45) is -2.82. The predicted octanol–water partition coefficient (Wildman–Crippen LogP) is 0.580. The number of carbonyl (C=O) groups excluding carboxylic acids is 1. The Bertz CT molecular complexity index is 527. The zero-order chi connectivity index (χ0) is 16.0. The smallest absolute Gasteiger partial charge is 0.282 e. The van der Waals surface area contributed by atoms with Crippen LogP contribution in [0, 0.1) is 10.1 Å². The van der Waals surface area contributed by atoms with E-state index in [0.29, 0.717) is 4.90 Å². The third kappa shape index (κ3) is 4.33. The van der Waals surface area contributed by atoms with Crippen molar-refractivity contribution < 1.29 is 23.6 Å². The lowest BCUT2D eigenvalue weighted by Gasteiger charge is -2.21. The van der Waals surface area contributed by atoms with Gasteiger partial charge in [0, 0.05) is 18.3 Å². The van der Waals surface area contributed by atoms with Gasteiger partial charge < -0.3 is 15.4 Å². The number of nitro groups is 1. The number of alkyl halides is 2. The minimum Gasteiger partial charge on any atom is -0.395 e. The monoisotopic (exact) mass is 304 g/mol. The maximum Gasteiger partial charge on any atom is 0.282 e. The molecule has 1 aromatic rings. The molecule has 0 aliphatic carbocycles. The van der Waals surface area contributed by atoms with E-state index in [1.165, 1.54) is 6.07 Å². The van der Waals surface area contributed by atoms with E-state index in [9.17, 15) is 23.7 Å². The average Bonchev–Trinajstić information content (AvgIpc) is 2.44. The molecule has 1 rings (SSSR count). The molecule has 0 heterocycles. The molecule has 116 valence electrons. The van der Waals surface area contributed by atoms with Crippen molar-refractivity contribution >= 4 is 17.3 Å². The van der Waals surface area contributed by atoms with Gasteiger partial charge in [0.05, 0.1) is 18.1 Å². The van der Waals surface area contributed by atoms with E-state index in [1.807, 2.05) is 0 Å². The lowest BCUT2D eigenvalue weighted by Crippen LogP contribution is -2.37. The van der Waals surface area contributed by atoms with Gasteiger partial charge in [-0.05, 0) is 12.1 Å². The number of hydrazine groups is 1. The highest BCUT2D eigenvalue weighted by Crippen LogP contribution is 2.24. The summed E-state index contributed by atoms with van der Waals surface area (Å²) in [4.78, 5) is 22.9. The quantitative estimate of drug-likeness (QED) is 0.385. The van der Waals surface area contributed by atoms with E-state index in [1.54, 1.807) is 0 Å². The van der Waals surface area contributed by atoms with Gasteiger partial charge in [-0.1, -0.05) is 0 Å². The summed E-state index contributed by atoms with van der Waals surface area (Å²) in [6, 6.07) is 3.41. The molecule has 0 spiro atoms. The second-order valence-corrected chi connectivity index (χ2v) is 4.00. The number of hydrogen-bond acceptors (Lipinski definition) is 6. The molecule has 0 saturated carbocycles. The zero-order valence-electron chi connectivity index (χ0n) is 10.8. The second kappa shape index (κ2) is 7.45. The highest BCUT2D eigenvalue weighted by atomic mass is 19.3. The lowest BCUT2D eigenvalue weighted by atomic mass is 10.1. The van der Waals surface area contributed by atoms with E-state index >= 15 is 0 Å². The zero-order valence-corrected chi connectivity index (χ0v) is 10.8. The van der Waals surface area contributed by atoms with E-state index in [2.05, 4.69) is 5.43 Å². The molecular formula is C11H14F2N4O4. The molecule has 21 heavy (non-hydrogen) atoms. The van der Waals surface area contributed by atoms with E-state index in [4.69, 9.17) is 10.9 Å². The van der Waals surface area contributed by atoms with Crippen LogP contribution in [0.15, 0.2) is 18.2 Å². The van der Waals surface area contributed by atoms with Crippen LogP contribution in [-0.4, -0.2) is 47.0 Å². The summed E-state index contributed by atoms with van der Waals surface area (Å²) < 4.78 is 24.9. The van der Waals surface area contributed by atoms with Gasteiger partial charge in [-0.3, -0.25) is 20.8 Å². The number of aliphatic hydroxyl groups is 1. The number of hydrogen-bond donors (Lipinski definition) is 3. The van der Waals surface area contributed by atoms with Gasteiger partial charge in [0.1, 0.15) is 5.56 Å². The van der Waals surface area contributed by atoms with Gasteiger partial charge in [-0.15, -0.1) is 0 Å². The first kappa shape index (κ1) is 16.7.